The van der Waals surface area contributed by atoms with Gasteiger partial charge in [-0.3, -0.25) is 9.79 Å². The maximum atomic E-state index is 11.3. The number of carbonyl (C=O) groups excluding carboxylic acids is 1. The van der Waals surface area contributed by atoms with Crippen molar-refractivity contribution in [2.24, 2.45) is 21.9 Å². The van der Waals surface area contributed by atoms with E-state index in [0.29, 0.717) is 12.6 Å². The van der Waals surface area contributed by atoms with E-state index in [4.69, 9.17) is 16.2 Å². The molecule has 6 nitrogen and oxygen atoms in total. The summed E-state index contributed by atoms with van der Waals surface area (Å²) in [5.41, 5.74) is 11.6. The molecule has 1 amide bonds. The van der Waals surface area contributed by atoms with E-state index in [1.54, 1.807) is 13.8 Å². The number of hydrogen-bond acceptors (Lipinski definition) is 3. The molecule has 1 atom stereocenters. The Morgan fingerprint density at radius 1 is 1.43 bits per heavy atom. The second-order valence-electron chi connectivity index (χ2n) is 5.82. The molecule has 2 rings (SSSR count). The van der Waals surface area contributed by atoms with Crippen LogP contribution in [0.25, 0.3) is 0 Å². The fraction of sp³-hybridized carbons (Fsp3) is 0.467. The molecule has 1 aromatic rings. The number of rotatable bonds is 4. The molecule has 1 heterocycles. The van der Waals surface area contributed by atoms with Gasteiger partial charge in [0.2, 0.25) is 5.91 Å². The largest absolute Gasteiger partial charge is 0.493 e. The van der Waals surface area contributed by atoms with Crippen molar-refractivity contribution in [2.45, 2.75) is 26.3 Å². The highest BCUT2D eigenvalue weighted by Crippen LogP contribution is 2.31. The van der Waals surface area contributed by atoms with Crippen LogP contribution in [0.2, 0.25) is 0 Å². The number of nitrogens with two attached hydrogens (primary N) is 2. The Hall–Kier alpha value is -2.24. The molecular formula is C15H22N4O2. The lowest BCUT2D eigenvalue weighted by atomic mass is 9.93. The molecule has 0 saturated heterocycles. The van der Waals surface area contributed by atoms with Crippen molar-refractivity contribution in [2.75, 3.05) is 13.2 Å². The average molecular weight is 290 g/mol. The molecular weight excluding hydrogens is 268 g/mol. The van der Waals surface area contributed by atoms with Gasteiger partial charge in [-0.1, -0.05) is 18.2 Å². The molecule has 0 fully saturated rings. The predicted octanol–water partition coefficient (Wildman–Crippen LogP) is 0.926. The van der Waals surface area contributed by atoms with Crippen molar-refractivity contribution in [3.8, 4) is 5.75 Å². The standard InChI is InChI=1S/C15H22N4O2/c1-15(2,13(16)20)9-18-14(17)19-11-7-8-21-12-6-4-3-5-10(11)12/h3-6,11H,7-9H2,1-2H3,(H2,16,20)(H3,17,18,19). The molecule has 0 radical (unpaired) electrons. The first-order valence-electron chi connectivity index (χ1n) is 6.98. The number of para-hydroxylation sites is 1. The van der Waals surface area contributed by atoms with Crippen LogP contribution < -0.4 is 21.5 Å². The van der Waals surface area contributed by atoms with E-state index in [9.17, 15) is 4.79 Å². The van der Waals surface area contributed by atoms with Gasteiger partial charge in [0, 0.05) is 12.0 Å². The minimum Gasteiger partial charge on any atom is -0.493 e. The Labute approximate surface area is 124 Å². The third-order valence-corrected chi connectivity index (χ3v) is 3.59. The maximum Gasteiger partial charge on any atom is 0.224 e. The fourth-order valence-corrected chi connectivity index (χ4v) is 2.08. The molecule has 5 N–H and O–H groups in total. The Bertz CT molecular complexity index is 554. The van der Waals surface area contributed by atoms with Crippen LogP contribution >= 0.6 is 0 Å². The molecule has 6 heteroatoms. The lowest BCUT2D eigenvalue weighted by Gasteiger charge is -2.27. The lowest BCUT2D eigenvalue weighted by molar-refractivity contribution is -0.125. The molecule has 0 aromatic heterocycles. The summed E-state index contributed by atoms with van der Waals surface area (Å²) in [6, 6.07) is 7.91. The number of carbonyl (C=O) groups is 1. The molecule has 0 saturated carbocycles. The first-order valence-corrected chi connectivity index (χ1v) is 6.98. The number of nitrogens with zero attached hydrogens (tertiary/aromatic N) is 1. The number of nitrogens with one attached hydrogen (secondary N) is 1. The molecule has 1 aromatic carbocycles. The molecule has 1 aliphatic rings. The van der Waals surface area contributed by atoms with Crippen molar-refractivity contribution in [3.63, 3.8) is 0 Å². The van der Waals surface area contributed by atoms with Gasteiger partial charge in [-0.05, 0) is 19.9 Å². The van der Waals surface area contributed by atoms with Gasteiger partial charge in [-0.2, -0.15) is 0 Å². The van der Waals surface area contributed by atoms with E-state index in [2.05, 4.69) is 10.3 Å². The van der Waals surface area contributed by atoms with Crippen LogP contribution in [0.15, 0.2) is 29.3 Å². The Morgan fingerprint density at radius 2 is 2.14 bits per heavy atom. The van der Waals surface area contributed by atoms with Crippen LogP contribution in [0.4, 0.5) is 0 Å². The minimum absolute atomic E-state index is 0.0652. The van der Waals surface area contributed by atoms with Crippen LogP contribution in [0.1, 0.15) is 31.9 Å². The molecule has 0 bridgehead atoms. The van der Waals surface area contributed by atoms with Crippen LogP contribution in [0, 0.1) is 5.41 Å². The summed E-state index contributed by atoms with van der Waals surface area (Å²) in [6.45, 7) is 4.38. The van der Waals surface area contributed by atoms with Gasteiger partial charge < -0.3 is 21.5 Å². The summed E-state index contributed by atoms with van der Waals surface area (Å²) >= 11 is 0. The highest BCUT2D eigenvalue weighted by molar-refractivity contribution is 5.82. The average Bonchev–Trinajstić information content (AvgIpc) is 2.45. The van der Waals surface area contributed by atoms with Crippen LogP contribution in [0.5, 0.6) is 5.75 Å². The van der Waals surface area contributed by atoms with Crippen molar-refractivity contribution in [1.82, 2.24) is 5.32 Å². The topological polar surface area (TPSA) is 103 Å². The van der Waals surface area contributed by atoms with E-state index >= 15 is 0 Å². The number of fused-ring (bicyclic) bond motifs is 1. The first kappa shape index (κ1) is 15.2. The summed E-state index contributed by atoms with van der Waals surface area (Å²) in [5.74, 6) is 0.785. The Kier molecular flexibility index (Phi) is 4.35. The lowest BCUT2D eigenvalue weighted by Crippen LogP contribution is -2.39. The van der Waals surface area contributed by atoms with Crippen LogP contribution in [-0.2, 0) is 4.79 Å². The molecule has 1 unspecified atom stereocenters. The SMILES string of the molecule is CC(C)(CN=C(N)NC1CCOc2ccccc21)C(N)=O. The summed E-state index contributed by atoms with van der Waals surface area (Å²) < 4.78 is 5.60. The summed E-state index contributed by atoms with van der Waals surface area (Å²) in [6.07, 6.45) is 0.812. The van der Waals surface area contributed by atoms with E-state index in [1.807, 2.05) is 24.3 Å². The van der Waals surface area contributed by atoms with Gasteiger partial charge in [0.1, 0.15) is 5.75 Å². The molecule has 0 aliphatic carbocycles. The monoisotopic (exact) mass is 290 g/mol. The smallest absolute Gasteiger partial charge is 0.224 e. The highest BCUT2D eigenvalue weighted by Gasteiger charge is 2.25. The zero-order chi connectivity index (χ0) is 15.5. The first-order chi connectivity index (χ1) is 9.90. The number of amides is 1. The second kappa shape index (κ2) is 6.03. The van der Waals surface area contributed by atoms with Gasteiger partial charge in [0.25, 0.3) is 0 Å². The number of primary amides is 1. The van der Waals surface area contributed by atoms with Crippen molar-refractivity contribution in [1.29, 1.82) is 0 Å². The van der Waals surface area contributed by atoms with Crippen molar-refractivity contribution >= 4 is 11.9 Å². The van der Waals surface area contributed by atoms with Gasteiger partial charge >= 0.3 is 0 Å². The zero-order valence-electron chi connectivity index (χ0n) is 12.4. The Balaban J connectivity index is 2.04. The summed E-state index contributed by atoms with van der Waals surface area (Å²) in [7, 11) is 0. The molecule has 0 spiro atoms. The molecule has 21 heavy (non-hydrogen) atoms. The summed E-state index contributed by atoms with van der Waals surface area (Å²) in [5, 5.41) is 3.18. The van der Waals surface area contributed by atoms with Crippen molar-refractivity contribution in [3.05, 3.63) is 29.8 Å². The van der Waals surface area contributed by atoms with Gasteiger partial charge in [0.05, 0.1) is 24.6 Å². The van der Waals surface area contributed by atoms with E-state index < -0.39 is 11.3 Å². The quantitative estimate of drug-likeness (QED) is 0.567. The van der Waals surface area contributed by atoms with Gasteiger partial charge in [-0.25, -0.2) is 0 Å². The van der Waals surface area contributed by atoms with Gasteiger partial charge in [-0.15, -0.1) is 0 Å². The highest BCUT2D eigenvalue weighted by atomic mass is 16.5. The van der Waals surface area contributed by atoms with E-state index in [1.165, 1.54) is 0 Å². The van der Waals surface area contributed by atoms with E-state index in [0.717, 1.165) is 17.7 Å². The van der Waals surface area contributed by atoms with E-state index in [-0.39, 0.29) is 12.6 Å². The fourth-order valence-electron chi connectivity index (χ4n) is 2.08. The third kappa shape index (κ3) is 3.65. The number of aliphatic imine (C=N–C) groups is 1. The van der Waals surface area contributed by atoms with Crippen molar-refractivity contribution < 1.29 is 9.53 Å². The number of benzene rings is 1. The number of ether oxygens (including phenoxy) is 1. The third-order valence-electron chi connectivity index (χ3n) is 3.59. The molecule has 114 valence electrons. The minimum atomic E-state index is -0.708. The maximum absolute atomic E-state index is 11.3. The van der Waals surface area contributed by atoms with Crippen LogP contribution in [-0.4, -0.2) is 25.0 Å². The normalized spacial score (nSPS) is 18.6. The predicted molar refractivity (Wildman–Crippen MR) is 81.9 cm³/mol. The summed E-state index contributed by atoms with van der Waals surface area (Å²) in [4.78, 5) is 15.5. The second-order valence-corrected chi connectivity index (χ2v) is 5.82. The number of hydrogen-bond donors (Lipinski definition) is 3. The van der Waals surface area contributed by atoms with Crippen LogP contribution in [0.3, 0.4) is 0 Å². The molecule has 1 aliphatic heterocycles. The zero-order valence-corrected chi connectivity index (χ0v) is 12.4. The van der Waals surface area contributed by atoms with Gasteiger partial charge in [0.15, 0.2) is 5.96 Å². The Morgan fingerprint density at radius 3 is 2.86 bits per heavy atom. The number of guanidine groups is 1.